The van der Waals surface area contributed by atoms with Crippen molar-refractivity contribution in [1.29, 1.82) is 0 Å². The third-order valence-corrected chi connectivity index (χ3v) is 2.62. The van der Waals surface area contributed by atoms with Crippen LogP contribution in [0.3, 0.4) is 0 Å². The highest BCUT2D eigenvalue weighted by Gasteiger charge is 2.16. The van der Waals surface area contributed by atoms with E-state index in [4.69, 9.17) is 4.74 Å². The van der Waals surface area contributed by atoms with Crippen LogP contribution < -0.4 is 4.74 Å². The van der Waals surface area contributed by atoms with E-state index in [1.807, 2.05) is 12.1 Å². The molecular formula is C12H13NO2. The number of aliphatic imine (C=N–C) groups is 1. The first kappa shape index (κ1) is 9.94. The summed E-state index contributed by atoms with van der Waals surface area (Å²) in [5, 5.41) is 0. The molecule has 3 heteroatoms. The van der Waals surface area contributed by atoms with Gasteiger partial charge in [-0.2, -0.15) is 4.99 Å². The summed E-state index contributed by atoms with van der Waals surface area (Å²) in [6.45, 7) is 0. The minimum absolute atomic E-state index is 0.366. The first-order valence-corrected chi connectivity index (χ1v) is 5.23. The Labute approximate surface area is 88.8 Å². The summed E-state index contributed by atoms with van der Waals surface area (Å²) in [4.78, 5) is 13.5. The second-order valence-corrected chi connectivity index (χ2v) is 3.72. The van der Waals surface area contributed by atoms with Crippen LogP contribution in [0, 0.1) is 0 Å². The van der Waals surface area contributed by atoms with Gasteiger partial charge in [0.05, 0.1) is 11.8 Å². The lowest BCUT2D eigenvalue weighted by atomic mass is 10.3. The molecule has 15 heavy (non-hydrogen) atoms. The Hall–Kier alpha value is -1.60. The molecule has 1 saturated carbocycles. The number of ether oxygens (including phenoxy) is 1. The van der Waals surface area contributed by atoms with Crippen molar-refractivity contribution >= 4 is 11.8 Å². The van der Waals surface area contributed by atoms with Gasteiger partial charge in [-0.15, -0.1) is 0 Å². The Morgan fingerprint density at radius 1 is 1.20 bits per heavy atom. The highest BCUT2D eigenvalue weighted by molar-refractivity contribution is 5.50. The molecule has 0 aliphatic heterocycles. The SMILES string of the molecule is O=C=Nc1ccc(OC2CCCC2)cc1. The number of benzene rings is 1. The molecule has 0 aromatic heterocycles. The topological polar surface area (TPSA) is 38.7 Å². The standard InChI is InChI=1S/C12H13NO2/c14-9-13-10-5-7-12(8-6-10)15-11-3-1-2-4-11/h5-8,11H,1-4H2. The van der Waals surface area contributed by atoms with Crippen LogP contribution in [0.1, 0.15) is 25.7 Å². The molecule has 3 nitrogen and oxygen atoms in total. The van der Waals surface area contributed by atoms with Crippen molar-refractivity contribution in [2.75, 3.05) is 0 Å². The molecule has 1 aromatic carbocycles. The molecule has 0 saturated heterocycles. The number of carbonyl (C=O) groups excluding carboxylic acids is 1. The zero-order chi connectivity index (χ0) is 10.5. The van der Waals surface area contributed by atoms with Gasteiger partial charge in [0.25, 0.3) is 0 Å². The van der Waals surface area contributed by atoms with Crippen molar-refractivity contribution < 1.29 is 9.53 Å². The van der Waals surface area contributed by atoms with Crippen molar-refractivity contribution in [3.63, 3.8) is 0 Å². The lowest BCUT2D eigenvalue weighted by molar-refractivity contribution is 0.210. The van der Waals surface area contributed by atoms with Crippen molar-refractivity contribution in [3.05, 3.63) is 24.3 Å². The smallest absolute Gasteiger partial charge is 0.240 e. The van der Waals surface area contributed by atoms with Gasteiger partial charge in [0.2, 0.25) is 6.08 Å². The Morgan fingerprint density at radius 2 is 1.87 bits per heavy atom. The molecule has 0 bridgehead atoms. The maximum Gasteiger partial charge on any atom is 0.240 e. The molecule has 1 aliphatic rings. The Balaban J connectivity index is 1.99. The van der Waals surface area contributed by atoms with E-state index in [-0.39, 0.29) is 0 Å². The molecule has 0 atom stereocenters. The van der Waals surface area contributed by atoms with Gasteiger partial charge in [-0.05, 0) is 49.9 Å². The van der Waals surface area contributed by atoms with Crippen LogP contribution in [0.25, 0.3) is 0 Å². The van der Waals surface area contributed by atoms with Gasteiger partial charge in [-0.25, -0.2) is 4.79 Å². The predicted octanol–water partition coefficient (Wildman–Crippen LogP) is 2.98. The predicted molar refractivity (Wildman–Crippen MR) is 57.1 cm³/mol. The molecule has 0 unspecified atom stereocenters. The summed E-state index contributed by atoms with van der Waals surface area (Å²) in [6, 6.07) is 7.20. The minimum Gasteiger partial charge on any atom is -0.490 e. The third-order valence-electron chi connectivity index (χ3n) is 2.62. The quantitative estimate of drug-likeness (QED) is 0.559. The normalized spacial score (nSPS) is 16.0. The van der Waals surface area contributed by atoms with Gasteiger partial charge >= 0.3 is 0 Å². The van der Waals surface area contributed by atoms with E-state index in [0.29, 0.717) is 11.8 Å². The zero-order valence-electron chi connectivity index (χ0n) is 8.48. The number of hydrogen-bond donors (Lipinski definition) is 0. The largest absolute Gasteiger partial charge is 0.490 e. The summed E-state index contributed by atoms with van der Waals surface area (Å²) < 4.78 is 5.77. The Bertz CT molecular complexity index is 360. The number of isocyanates is 1. The van der Waals surface area contributed by atoms with Crippen LogP contribution in [0.5, 0.6) is 5.75 Å². The van der Waals surface area contributed by atoms with E-state index in [9.17, 15) is 4.79 Å². The van der Waals surface area contributed by atoms with Gasteiger partial charge < -0.3 is 4.74 Å². The molecule has 2 rings (SSSR count). The Kier molecular flexibility index (Phi) is 3.15. The second-order valence-electron chi connectivity index (χ2n) is 3.72. The maximum absolute atomic E-state index is 10.0. The third kappa shape index (κ3) is 2.67. The molecule has 1 aliphatic carbocycles. The van der Waals surface area contributed by atoms with Crippen LogP contribution in [0.4, 0.5) is 5.69 Å². The fraction of sp³-hybridized carbons (Fsp3) is 0.417. The fourth-order valence-corrected chi connectivity index (χ4v) is 1.85. The van der Waals surface area contributed by atoms with E-state index in [1.165, 1.54) is 18.9 Å². The fourth-order valence-electron chi connectivity index (χ4n) is 1.85. The average Bonchev–Trinajstić information content (AvgIpc) is 2.74. The van der Waals surface area contributed by atoms with Crippen LogP contribution >= 0.6 is 0 Å². The summed E-state index contributed by atoms with van der Waals surface area (Å²) >= 11 is 0. The van der Waals surface area contributed by atoms with Crippen LogP contribution in [-0.4, -0.2) is 12.2 Å². The van der Waals surface area contributed by atoms with Gasteiger partial charge in [-0.1, -0.05) is 0 Å². The molecule has 0 spiro atoms. The first-order chi connectivity index (χ1) is 7.38. The van der Waals surface area contributed by atoms with Crippen molar-refractivity contribution in [2.45, 2.75) is 31.8 Å². The van der Waals surface area contributed by atoms with Crippen molar-refractivity contribution in [1.82, 2.24) is 0 Å². The van der Waals surface area contributed by atoms with Gasteiger partial charge in [0, 0.05) is 0 Å². The second kappa shape index (κ2) is 4.76. The minimum atomic E-state index is 0.366. The van der Waals surface area contributed by atoms with Crippen LogP contribution in [0.15, 0.2) is 29.3 Å². The molecule has 0 N–H and O–H groups in total. The van der Waals surface area contributed by atoms with E-state index < -0.39 is 0 Å². The summed E-state index contributed by atoms with van der Waals surface area (Å²) in [6.07, 6.45) is 6.70. The summed E-state index contributed by atoms with van der Waals surface area (Å²) in [5.41, 5.74) is 0.615. The molecular weight excluding hydrogens is 190 g/mol. The molecule has 0 radical (unpaired) electrons. The van der Waals surface area contributed by atoms with Crippen LogP contribution in [-0.2, 0) is 4.79 Å². The lowest BCUT2D eigenvalue weighted by Gasteiger charge is -2.12. The molecule has 1 fully saturated rings. The van der Waals surface area contributed by atoms with E-state index in [0.717, 1.165) is 18.6 Å². The summed E-state index contributed by atoms with van der Waals surface area (Å²) in [7, 11) is 0. The number of rotatable bonds is 3. The van der Waals surface area contributed by atoms with E-state index in [2.05, 4.69) is 4.99 Å². The lowest BCUT2D eigenvalue weighted by Crippen LogP contribution is -2.10. The molecule has 1 aromatic rings. The van der Waals surface area contributed by atoms with Gasteiger partial charge in [0.1, 0.15) is 5.75 Å². The summed E-state index contributed by atoms with van der Waals surface area (Å²) in [5.74, 6) is 0.853. The maximum atomic E-state index is 10.0. The first-order valence-electron chi connectivity index (χ1n) is 5.23. The molecule has 78 valence electrons. The number of hydrogen-bond acceptors (Lipinski definition) is 3. The van der Waals surface area contributed by atoms with Gasteiger partial charge in [-0.3, -0.25) is 0 Å². The average molecular weight is 203 g/mol. The van der Waals surface area contributed by atoms with Crippen molar-refractivity contribution in [3.8, 4) is 5.75 Å². The highest BCUT2D eigenvalue weighted by atomic mass is 16.5. The highest BCUT2D eigenvalue weighted by Crippen LogP contribution is 2.25. The van der Waals surface area contributed by atoms with E-state index in [1.54, 1.807) is 12.1 Å². The Morgan fingerprint density at radius 3 is 2.47 bits per heavy atom. The number of nitrogens with zero attached hydrogens (tertiary/aromatic N) is 1. The molecule has 0 heterocycles. The van der Waals surface area contributed by atoms with E-state index >= 15 is 0 Å². The van der Waals surface area contributed by atoms with Gasteiger partial charge in [0.15, 0.2) is 0 Å². The zero-order valence-corrected chi connectivity index (χ0v) is 8.48. The van der Waals surface area contributed by atoms with Crippen molar-refractivity contribution in [2.24, 2.45) is 4.99 Å². The monoisotopic (exact) mass is 203 g/mol. The van der Waals surface area contributed by atoms with Crippen LogP contribution in [0.2, 0.25) is 0 Å². The molecule has 0 amide bonds.